The molecule has 1 fully saturated rings. The van der Waals surface area contributed by atoms with Gasteiger partial charge in [-0.15, -0.1) is 0 Å². The summed E-state index contributed by atoms with van der Waals surface area (Å²) in [6.45, 7) is 2.15. The van der Waals surface area contributed by atoms with Gasteiger partial charge < -0.3 is 14.1 Å². The van der Waals surface area contributed by atoms with Crippen molar-refractivity contribution in [3.8, 4) is 0 Å². The molecule has 2 aromatic rings. The fourth-order valence-electron chi connectivity index (χ4n) is 2.23. The summed E-state index contributed by atoms with van der Waals surface area (Å²) < 4.78 is 10.6. The van der Waals surface area contributed by atoms with E-state index in [4.69, 9.17) is 9.15 Å². The molecule has 0 aliphatic carbocycles. The Morgan fingerprint density at radius 1 is 0.905 bits per heavy atom. The summed E-state index contributed by atoms with van der Waals surface area (Å²) in [7, 11) is 0. The molecule has 0 unspecified atom stereocenters. The molecule has 0 spiro atoms. The zero-order valence-corrected chi connectivity index (χ0v) is 11.5. The average Bonchev–Trinajstić information content (AvgIpc) is 3.05. The predicted octanol–water partition coefficient (Wildman–Crippen LogP) is 1.98. The highest BCUT2D eigenvalue weighted by atomic mass is 16.5. The van der Waals surface area contributed by atoms with Gasteiger partial charge in [0.2, 0.25) is 5.78 Å². The van der Waals surface area contributed by atoms with Gasteiger partial charge in [0.15, 0.2) is 11.5 Å². The number of carbonyl (C=O) groups is 2. The van der Waals surface area contributed by atoms with Crippen LogP contribution in [0.25, 0.3) is 0 Å². The van der Waals surface area contributed by atoms with Crippen LogP contribution in [-0.4, -0.2) is 42.9 Å². The van der Waals surface area contributed by atoms with Crippen molar-refractivity contribution >= 4 is 11.7 Å². The second-order valence-electron chi connectivity index (χ2n) is 4.76. The van der Waals surface area contributed by atoms with Crippen molar-refractivity contribution in [2.75, 3.05) is 26.3 Å². The Labute approximate surface area is 122 Å². The molecule has 1 aromatic heterocycles. The Balaban J connectivity index is 1.77. The lowest BCUT2D eigenvalue weighted by Gasteiger charge is -2.25. The molecule has 5 nitrogen and oxygen atoms in total. The molecule has 0 radical (unpaired) electrons. The summed E-state index contributed by atoms with van der Waals surface area (Å²) in [4.78, 5) is 26.1. The van der Waals surface area contributed by atoms with Crippen LogP contribution in [0, 0.1) is 0 Å². The lowest BCUT2D eigenvalue weighted by molar-refractivity contribution is 0.0282. The Bertz CT molecular complexity index is 641. The molecule has 1 aliphatic rings. The Morgan fingerprint density at radius 2 is 1.57 bits per heavy atom. The zero-order valence-electron chi connectivity index (χ0n) is 11.5. The first kappa shape index (κ1) is 13.6. The largest absolute Gasteiger partial charge is 0.447 e. The fraction of sp³-hybridized carbons (Fsp3) is 0.250. The number of hydrogen-bond acceptors (Lipinski definition) is 4. The molecule has 1 amide bonds. The zero-order chi connectivity index (χ0) is 14.7. The summed E-state index contributed by atoms with van der Waals surface area (Å²) in [5.41, 5.74) is 0.539. The van der Waals surface area contributed by atoms with E-state index in [0.717, 1.165) is 0 Å². The SMILES string of the molecule is O=C(c1ccccc1)c1ccc(C(=O)N2CCOCC2)o1. The van der Waals surface area contributed by atoms with E-state index in [1.165, 1.54) is 0 Å². The van der Waals surface area contributed by atoms with Gasteiger partial charge in [0.1, 0.15) is 0 Å². The fourth-order valence-corrected chi connectivity index (χ4v) is 2.23. The Morgan fingerprint density at radius 3 is 2.29 bits per heavy atom. The van der Waals surface area contributed by atoms with Crippen LogP contribution < -0.4 is 0 Å². The summed E-state index contributed by atoms with van der Waals surface area (Å²) in [6, 6.07) is 11.9. The van der Waals surface area contributed by atoms with E-state index in [2.05, 4.69) is 0 Å². The van der Waals surface area contributed by atoms with Gasteiger partial charge in [0.25, 0.3) is 5.91 Å². The lowest BCUT2D eigenvalue weighted by Crippen LogP contribution is -2.40. The summed E-state index contributed by atoms with van der Waals surface area (Å²) in [5.74, 6) is -0.0592. The van der Waals surface area contributed by atoms with Gasteiger partial charge in [0.05, 0.1) is 13.2 Å². The van der Waals surface area contributed by atoms with Crippen LogP contribution in [-0.2, 0) is 4.74 Å². The minimum absolute atomic E-state index is 0.179. The number of amides is 1. The standard InChI is InChI=1S/C16H15NO4/c18-15(12-4-2-1-3-5-12)13-6-7-14(21-13)16(19)17-8-10-20-11-9-17/h1-7H,8-11H2. The van der Waals surface area contributed by atoms with E-state index in [9.17, 15) is 9.59 Å². The summed E-state index contributed by atoms with van der Waals surface area (Å²) >= 11 is 0. The number of rotatable bonds is 3. The topological polar surface area (TPSA) is 59.8 Å². The number of ether oxygens (including phenoxy) is 1. The molecule has 0 atom stereocenters. The Kier molecular flexibility index (Phi) is 3.83. The molecule has 108 valence electrons. The van der Waals surface area contributed by atoms with E-state index < -0.39 is 0 Å². The first-order valence-electron chi connectivity index (χ1n) is 6.82. The molecule has 1 aliphatic heterocycles. The number of carbonyl (C=O) groups excluding carboxylic acids is 2. The van der Waals surface area contributed by atoms with Crippen molar-refractivity contribution < 1.29 is 18.7 Å². The molecular weight excluding hydrogens is 270 g/mol. The molecule has 2 heterocycles. The molecule has 0 N–H and O–H groups in total. The minimum atomic E-state index is -0.225. The molecular formula is C16H15NO4. The summed E-state index contributed by atoms with van der Waals surface area (Å²) in [6.07, 6.45) is 0. The minimum Gasteiger partial charge on any atom is -0.447 e. The van der Waals surface area contributed by atoms with Crippen LogP contribution in [0.3, 0.4) is 0 Å². The van der Waals surface area contributed by atoms with E-state index >= 15 is 0 Å². The molecule has 0 saturated carbocycles. The summed E-state index contributed by atoms with van der Waals surface area (Å²) in [5, 5.41) is 0. The molecule has 5 heteroatoms. The van der Waals surface area contributed by atoms with E-state index in [0.29, 0.717) is 31.9 Å². The van der Waals surface area contributed by atoms with Crippen LogP contribution in [0.4, 0.5) is 0 Å². The van der Waals surface area contributed by atoms with Gasteiger partial charge in [-0.1, -0.05) is 30.3 Å². The van der Waals surface area contributed by atoms with Gasteiger partial charge in [0, 0.05) is 18.7 Å². The third kappa shape index (κ3) is 2.87. The van der Waals surface area contributed by atoms with Crippen LogP contribution in [0.15, 0.2) is 46.9 Å². The van der Waals surface area contributed by atoms with Gasteiger partial charge >= 0.3 is 0 Å². The molecule has 3 rings (SSSR count). The third-order valence-electron chi connectivity index (χ3n) is 3.37. The van der Waals surface area contributed by atoms with Crippen LogP contribution in [0.1, 0.15) is 26.7 Å². The molecule has 1 aromatic carbocycles. The molecule has 1 saturated heterocycles. The van der Waals surface area contributed by atoms with Gasteiger partial charge in [-0.05, 0) is 12.1 Å². The van der Waals surface area contributed by atoms with Crippen molar-refractivity contribution in [2.45, 2.75) is 0 Å². The predicted molar refractivity (Wildman–Crippen MR) is 75.3 cm³/mol. The maximum absolute atomic E-state index is 12.2. The molecule has 0 bridgehead atoms. The van der Waals surface area contributed by atoms with Crippen molar-refractivity contribution in [2.24, 2.45) is 0 Å². The van der Waals surface area contributed by atoms with Crippen LogP contribution in [0.2, 0.25) is 0 Å². The van der Waals surface area contributed by atoms with Crippen molar-refractivity contribution in [1.29, 1.82) is 0 Å². The Hall–Kier alpha value is -2.40. The second-order valence-corrected chi connectivity index (χ2v) is 4.76. The number of morpholine rings is 1. The van der Waals surface area contributed by atoms with Crippen LogP contribution >= 0.6 is 0 Å². The molecule has 21 heavy (non-hydrogen) atoms. The third-order valence-corrected chi connectivity index (χ3v) is 3.37. The van der Waals surface area contributed by atoms with E-state index in [-0.39, 0.29) is 23.2 Å². The lowest BCUT2D eigenvalue weighted by atomic mass is 10.1. The number of benzene rings is 1. The van der Waals surface area contributed by atoms with E-state index in [1.807, 2.05) is 6.07 Å². The normalized spacial score (nSPS) is 15.0. The quantitative estimate of drug-likeness (QED) is 0.809. The maximum Gasteiger partial charge on any atom is 0.289 e. The smallest absolute Gasteiger partial charge is 0.289 e. The average molecular weight is 285 g/mol. The maximum atomic E-state index is 12.2. The number of furan rings is 1. The number of ketones is 1. The first-order chi connectivity index (χ1) is 10.3. The van der Waals surface area contributed by atoms with Crippen molar-refractivity contribution in [1.82, 2.24) is 4.90 Å². The highest BCUT2D eigenvalue weighted by molar-refractivity contribution is 6.07. The van der Waals surface area contributed by atoms with Crippen molar-refractivity contribution in [3.63, 3.8) is 0 Å². The van der Waals surface area contributed by atoms with Crippen molar-refractivity contribution in [3.05, 3.63) is 59.5 Å². The first-order valence-corrected chi connectivity index (χ1v) is 6.82. The number of nitrogens with zero attached hydrogens (tertiary/aromatic N) is 1. The van der Waals surface area contributed by atoms with Gasteiger partial charge in [-0.2, -0.15) is 0 Å². The van der Waals surface area contributed by atoms with Gasteiger partial charge in [-0.3, -0.25) is 9.59 Å². The van der Waals surface area contributed by atoms with Gasteiger partial charge in [-0.25, -0.2) is 0 Å². The second kappa shape index (κ2) is 5.93. The highest BCUT2D eigenvalue weighted by Gasteiger charge is 2.23. The van der Waals surface area contributed by atoms with E-state index in [1.54, 1.807) is 41.3 Å². The monoisotopic (exact) mass is 285 g/mol. The highest BCUT2D eigenvalue weighted by Crippen LogP contribution is 2.15. The van der Waals surface area contributed by atoms with Crippen LogP contribution in [0.5, 0.6) is 0 Å². The number of hydrogen-bond donors (Lipinski definition) is 0.